The van der Waals surface area contributed by atoms with Crippen LogP contribution < -0.4 is 5.32 Å². The van der Waals surface area contributed by atoms with E-state index in [1.165, 1.54) is 11.3 Å². The molecule has 5 aromatic rings. The normalized spacial score (nSPS) is 18.3. The van der Waals surface area contributed by atoms with E-state index in [2.05, 4.69) is 31.5 Å². The number of carbonyl (C=O) groups is 2. The number of fused-ring (bicyclic) bond motifs is 4. The number of nitrogens with one attached hydrogen (secondary N) is 1. The van der Waals surface area contributed by atoms with Crippen LogP contribution in [-0.2, 0) is 19.3 Å². The molecular weight excluding hydrogens is 586 g/mol. The molecule has 45 heavy (non-hydrogen) atoms. The fourth-order valence-corrected chi connectivity index (χ4v) is 7.85. The molecular formula is C34H31N7O3S. The lowest BCUT2D eigenvalue weighted by Gasteiger charge is -2.16. The maximum absolute atomic E-state index is 14.0. The zero-order chi connectivity index (χ0) is 30.7. The molecule has 0 unspecified atom stereocenters. The average Bonchev–Trinajstić information content (AvgIpc) is 3.88. The first-order chi connectivity index (χ1) is 21.9. The number of hydrogen-bond donors (Lipinski definition) is 1. The highest BCUT2D eigenvalue weighted by molar-refractivity contribution is 7.17. The van der Waals surface area contributed by atoms with Gasteiger partial charge in [-0.2, -0.15) is 0 Å². The minimum atomic E-state index is -0.147. The molecule has 0 radical (unpaired) electrons. The molecule has 0 saturated carbocycles. The summed E-state index contributed by atoms with van der Waals surface area (Å²) >= 11 is 1.37. The molecule has 2 aliphatic heterocycles. The van der Waals surface area contributed by atoms with Crippen LogP contribution in [0.5, 0.6) is 0 Å². The number of rotatable bonds is 7. The van der Waals surface area contributed by atoms with Crippen LogP contribution in [0.3, 0.4) is 0 Å². The van der Waals surface area contributed by atoms with Gasteiger partial charge in [0.05, 0.1) is 39.5 Å². The number of amides is 2. The number of thiophene rings is 1. The Labute approximate surface area is 264 Å². The van der Waals surface area contributed by atoms with Crippen molar-refractivity contribution in [3.05, 3.63) is 99.0 Å². The van der Waals surface area contributed by atoms with Gasteiger partial charge in [0.2, 0.25) is 11.8 Å². The smallest absolute Gasteiger partial charge is 0.261 e. The van der Waals surface area contributed by atoms with Crippen LogP contribution in [0.4, 0.5) is 0 Å². The van der Waals surface area contributed by atoms with Gasteiger partial charge < -0.3 is 14.6 Å². The Morgan fingerprint density at radius 1 is 1.04 bits per heavy atom. The first-order valence-electron chi connectivity index (χ1n) is 15.4. The van der Waals surface area contributed by atoms with Gasteiger partial charge in [0.25, 0.3) is 11.8 Å². The highest BCUT2D eigenvalue weighted by Crippen LogP contribution is 2.49. The fourth-order valence-electron chi connectivity index (χ4n) is 6.88. The van der Waals surface area contributed by atoms with Gasteiger partial charge in [-0.05, 0) is 80.8 Å². The predicted molar refractivity (Wildman–Crippen MR) is 168 cm³/mol. The van der Waals surface area contributed by atoms with E-state index in [-0.39, 0.29) is 23.9 Å². The van der Waals surface area contributed by atoms with Crippen LogP contribution in [0.2, 0.25) is 0 Å². The molecule has 2 amide bonds. The maximum atomic E-state index is 14.0. The number of hydrogen-bond acceptors (Lipinski definition) is 9. The van der Waals surface area contributed by atoms with Crippen molar-refractivity contribution < 1.29 is 14.0 Å². The van der Waals surface area contributed by atoms with Gasteiger partial charge in [0.15, 0.2) is 0 Å². The second kappa shape index (κ2) is 11.0. The average molecular weight is 618 g/mol. The van der Waals surface area contributed by atoms with Gasteiger partial charge in [0, 0.05) is 47.7 Å². The summed E-state index contributed by atoms with van der Waals surface area (Å²) in [5.74, 6) is 0.561. The van der Waals surface area contributed by atoms with Crippen molar-refractivity contribution in [3.63, 3.8) is 0 Å². The molecule has 11 heteroatoms. The lowest BCUT2D eigenvalue weighted by molar-refractivity contribution is 0.0776. The van der Waals surface area contributed by atoms with E-state index < -0.39 is 0 Å². The third-order valence-corrected chi connectivity index (χ3v) is 10.1. The van der Waals surface area contributed by atoms with E-state index in [0.29, 0.717) is 47.2 Å². The molecule has 5 aromatic heterocycles. The topological polar surface area (TPSA) is 127 Å². The van der Waals surface area contributed by atoms with E-state index in [0.717, 1.165) is 70.0 Å². The molecule has 0 spiro atoms. The van der Waals surface area contributed by atoms with E-state index >= 15 is 0 Å². The summed E-state index contributed by atoms with van der Waals surface area (Å²) in [7, 11) is 0. The summed E-state index contributed by atoms with van der Waals surface area (Å²) in [4.78, 5) is 45.1. The molecule has 2 atom stereocenters. The molecule has 0 aromatic carbocycles. The van der Waals surface area contributed by atoms with Gasteiger partial charge >= 0.3 is 0 Å². The number of aryl methyl sites for hydroxylation is 5. The lowest BCUT2D eigenvalue weighted by atomic mass is 9.93. The summed E-state index contributed by atoms with van der Waals surface area (Å²) in [5.41, 5.74) is 7.69. The Hall–Kier alpha value is -4.77. The van der Waals surface area contributed by atoms with Crippen LogP contribution in [0.1, 0.15) is 91.2 Å². The van der Waals surface area contributed by atoms with Crippen molar-refractivity contribution in [2.75, 3.05) is 6.54 Å². The highest BCUT2D eigenvalue weighted by atomic mass is 32.1. The largest absolute Gasteiger partial charge is 0.421 e. The van der Waals surface area contributed by atoms with Crippen molar-refractivity contribution in [1.29, 1.82) is 0 Å². The van der Waals surface area contributed by atoms with Gasteiger partial charge in [-0.3, -0.25) is 24.5 Å². The summed E-state index contributed by atoms with van der Waals surface area (Å²) in [5, 5.41) is 11.7. The van der Waals surface area contributed by atoms with Gasteiger partial charge in [-0.1, -0.05) is 12.1 Å². The maximum Gasteiger partial charge on any atom is 0.261 e. The molecule has 3 aliphatic rings. The second-order valence-electron chi connectivity index (χ2n) is 11.9. The van der Waals surface area contributed by atoms with E-state index in [4.69, 9.17) is 9.40 Å². The van der Waals surface area contributed by atoms with E-state index in [1.54, 1.807) is 13.1 Å². The van der Waals surface area contributed by atoms with Gasteiger partial charge in [-0.25, -0.2) is 0 Å². The Morgan fingerprint density at radius 3 is 2.78 bits per heavy atom. The zero-order valence-corrected chi connectivity index (χ0v) is 25.9. The van der Waals surface area contributed by atoms with Gasteiger partial charge in [0.1, 0.15) is 0 Å². The SMILES string of the molecule is Cc1ccc(CCc2nc3c(c(-c4ccc(C(=O)N[C@H]5CCc6ncccc65)s4)c2-c2nnc(C)o2)C(=O)N2CCC[C@H]32)nc1. The zero-order valence-electron chi connectivity index (χ0n) is 25.0. The van der Waals surface area contributed by atoms with Crippen molar-refractivity contribution in [3.8, 4) is 21.9 Å². The number of aromatic nitrogens is 5. The monoisotopic (exact) mass is 617 g/mol. The predicted octanol–water partition coefficient (Wildman–Crippen LogP) is 5.76. The fraction of sp³-hybridized carbons (Fsp3) is 0.324. The van der Waals surface area contributed by atoms with Crippen molar-refractivity contribution in [2.24, 2.45) is 0 Å². The molecule has 1 saturated heterocycles. The third-order valence-electron chi connectivity index (χ3n) is 9.03. The Morgan fingerprint density at radius 2 is 1.96 bits per heavy atom. The van der Waals surface area contributed by atoms with Crippen LogP contribution in [0.25, 0.3) is 21.9 Å². The van der Waals surface area contributed by atoms with Crippen molar-refractivity contribution in [1.82, 2.24) is 35.4 Å². The summed E-state index contributed by atoms with van der Waals surface area (Å²) in [6.07, 6.45) is 8.37. The Balaban J connectivity index is 1.23. The minimum absolute atomic E-state index is 0.0336. The van der Waals surface area contributed by atoms with Crippen LogP contribution >= 0.6 is 11.3 Å². The quantitative estimate of drug-likeness (QED) is 0.244. The van der Waals surface area contributed by atoms with Crippen molar-refractivity contribution in [2.45, 2.75) is 64.5 Å². The molecule has 1 aliphatic carbocycles. The Kier molecular flexibility index (Phi) is 6.78. The number of carbonyl (C=O) groups excluding carboxylic acids is 2. The molecule has 7 heterocycles. The van der Waals surface area contributed by atoms with Crippen molar-refractivity contribution >= 4 is 23.2 Å². The molecule has 10 nitrogen and oxygen atoms in total. The molecule has 8 rings (SSSR count). The second-order valence-corrected chi connectivity index (χ2v) is 13.0. The highest BCUT2D eigenvalue weighted by Gasteiger charge is 2.45. The van der Waals surface area contributed by atoms with Gasteiger partial charge in [-0.15, -0.1) is 21.5 Å². The lowest BCUT2D eigenvalue weighted by Crippen LogP contribution is -2.26. The van der Waals surface area contributed by atoms with E-state index in [1.807, 2.05) is 48.4 Å². The summed E-state index contributed by atoms with van der Waals surface area (Å²) in [6.45, 7) is 4.47. The minimum Gasteiger partial charge on any atom is -0.421 e. The van der Waals surface area contributed by atoms with Crippen LogP contribution in [-0.4, -0.2) is 48.4 Å². The van der Waals surface area contributed by atoms with E-state index in [9.17, 15) is 9.59 Å². The van der Waals surface area contributed by atoms with Crippen LogP contribution in [0.15, 0.2) is 53.2 Å². The van der Waals surface area contributed by atoms with Crippen LogP contribution in [0, 0.1) is 13.8 Å². The number of nitrogens with zero attached hydrogens (tertiary/aromatic N) is 6. The molecule has 1 N–H and O–H groups in total. The third kappa shape index (κ3) is 4.82. The summed E-state index contributed by atoms with van der Waals surface area (Å²) < 4.78 is 6.02. The standard InChI is InChI=1S/C34H31N7O3S/c1-18-7-8-20(36-17-18)9-10-24-28(33-40-39-19(2)44-33)29(30-31(37-24)25-6-4-16-41(25)34(30)43)26-13-14-27(45-26)32(42)38-23-12-11-22-21(23)5-3-15-35-22/h3,5,7-8,13-15,17,23,25H,4,6,9-12,16H2,1-2H3,(H,38,42)/t23-,25+/m0/s1. The molecule has 1 fully saturated rings. The number of pyridine rings is 3. The Bertz CT molecular complexity index is 1960. The summed E-state index contributed by atoms with van der Waals surface area (Å²) in [6, 6.07) is 11.7. The molecule has 0 bridgehead atoms. The molecule has 226 valence electrons. The first kappa shape index (κ1) is 27.8. The first-order valence-corrected chi connectivity index (χ1v) is 16.2.